The highest BCUT2D eigenvalue weighted by atomic mass is 35.5. The molecule has 0 aromatic carbocycles. The number of halogens is 1. The normalized spacial score (nSPS) is 22.4. The summed E-state index contributed by atoms with van der Waals surface area (Å²) in [6, 6.07) is 0. The standard InChI is InChI=1S/C15H24ClN3O/c1-10(2)9-19-15(20)14(16)13(8-18-19)17-7-12-6-4-5-11(12)3/h8,10-12,17H,4-7,9H2,1-3H3. The van der Waals surface area contributed by atoms with Crippen molar-refractivity contribution in [2.75, 3.05) is 11.9 Å². The van der Waals surface area contributed by atoms with Gasteiger partial charge in [-0.2, -0.15) is 5.10 Å². The van der Waals surface area contributed by atoms with E-state index in [0.29, 0.717) is 24.1 Å². The summed E-state index contributed by atoms with van der Waals surface area (Å²) < 4.78 is 1.44. The first-order chi connectivity index (χ1) is 9.49. The van der Waals surface area contributed by atoms with Crippen LogP contribution in [0, 0.1) is 17.8 Å². The van der Waals surface area contributed by atoms with Gasteiger partial charge >= 0.3 is 0 Å². The molecule has 1 N–H and O–H groups in total. The van der Waals surface area contributed by atoms with E-state index in [1.54, 1.807) is 6.20 Å². The molecule has 0 spiro atoms. The third kappa shape index (κ3) is 3.54. The molecule has 1 aliphatic rings. The van der Waals surface area contributed by atoms with E-state index < -0.39 is 0 Å². The minimum absolute atomic E-state index is 0.204. The number of anilines is 1. The molecule has 2 unspecified atom stereocenters. The van der Waals surface area contributed by atoms with E-state index in [9.17, 15) is 4.79 Å². The molecule has 4 nitrogen and oxygen atoms in total. The fourth-order valence-corrected chi connectivity index (χ4v) is 3.04. The zero-order valence-electron chi connectivity index (χ0n) is 12.5. The van der Waals surface area contributed by atoms with E-state index in [0.717, 1.165) is 12.5 Å². The lowest BCUT2D eigenvalue weighted by molar-refractivity contribution is 0.439. The van der Waals surface area contributed by atoms with Crippen LogP contribution in [0.1, 0.15) is 40.0 Å². The van der Waals surface area contributed by atoms with Gasteiger partial charge in [0.1, 0.15) is 5.02 Å². The summed E-state index contributed by atoms with van der Waals surface area (Å²) in [5.41, 5.74) is 0.459. The minimum Gasteiger partial charge on any atom is -0.382 e. The van der Waals surface area contributed by atoms with Crippen LogP contribution in [0.5, 0.6) is 0 Å². The third-order valence-electron chi connectivity index (χ3n) is 4.12. The molecule has 5 heteroatoms. The van der Waals surface area contributed by atoms with Crippen molar-refractivity contribution in [2.45, 2.75) is 46.6 Å². The van der Waals surface area contributed by atoms with Crippen molar-refractivity contribution in [3.63, 3.8) is 0 Å². The van der Waals surface area contributed by atoms with E-state index in [1.165, 1.54) is 23.9 Å². The summed E-state index contributed by atoms with van der Waals surface area (Å²) in [4.78, 5) is 12.1. The monoisotopic (exact) mass is 297 g/mol. The smallest absolute Gasteiger partial charge is 0.287 e. The molecule has 0 bridgehead atoms. The van der Waals surface area contributed by atoms with Gasteiger partial charge in [-0.25, -0.2) is 4.68 Å². The summed E-state index contributed by atoms with van der Waals surface area (Å²) >= 11 is 6.17. The number of hydrogen-bond acceptors (Lipinski definition) is 3. The average molecular weight is 298 g/mol. The minimum atomic E-state index is -0.204. The first-order valence-corrected chi connectivity index (χ1v) is 7.86. The second kappa shape index (κ2) is 6.61. The number of aromatic nitrogens is 2. The molecule has 1 aromatic rings. The summed E-state index contributed by atoms with van der Waals surface area (Å²) in [5.74, 6) is 1.79. The molecule has 112 valence electrons. The Morgan fingerprint density at radius 3 is 2.85 bits per heavy atom. The van der Waals surface area contributed by atoms with Crippen molar-refractivity contribution in [3.05, 3.63) is 21.6 Å². The Morgan fingerprint density at radius 1 is 1.50 bits per heavy atom. The van der Waals surface area contributed by atoms with Crippen LogP contribution in [0.2, 0.25) is 5.02 Å². The third-order valence-corrected chi connectivity index (χ3v) is 4.48. The molecule has 0 aliphatic heterocycles. The molecule has 20 heavy (non-hydrogen) atoms. The van der Waals surface area contributed by atoms with Gasteiger partial charge in [-0.1, -0.05) is 45.2 Å². The number of rotatable bonds is 5. The van der Waals surface area contributed by atoms with E-state index >= 15 is 0 Å². The Morgan fingerprint density at radius 2 is 2.25 bits per heavy atom. The molecule has 1 heterocycles. The van der Waals surface area contributed by atoms with Crippen molar-refractivity contribution in [1.82, 2.24) is 9.78 Å². The van der Waals surface area contributed by atoms with Crippen molar-refractivity contribution in [2.24, 2.45) is 17.8 Å². The van der Waals surface area contributed by atoms with Gasteiger partial charge in [0.15, 0.2) is 0 Å². The van der Waals surface area contributed by atoms with Crippen molar-refractivity contribution >= 4 is 17.3 Å². The summed E-state index contributed by atoms with van der Waals surface area (Å²) in [5, 5.41) is 7.76. The molecule has 0 amide bonds. The second-order valence-electron chi connectivity index (χ2n) is 6.30. The van der Waals surface area contributed by atoms with E-state index in [2.05, 4.69) is 31.2 Å². The van der Waals surface area contributed by atoms with Crippen LogP contribution in [0.3, 0.4) is 0 Å². The Balaban J connectivity index is 2.05. The van der Waals surface area contributed by atoms with Crippen LogP contribution >= 0.6 is 11.6 Å². The Hall–Kier alpha value is -1.03. The molecule has 0 radical (unpaired) electrons. The largest absolute Gasteiger partial charge is 0.382 e. The predicted octanol–water partition coefficient (Wildman–Crippen LogP) is 3.40. The van der Waals surface area contributed by atoms with Crippen molar-refractivity contribution in [3.8, 4) is 0 Å². The Labute approximate surface area is 125 Å². The second-order valence-corrected chi connectivity index (χ2v) is 6.68. The molecule has 1 aliphatic carbocycles. The fourth-order valence-electron chi connectivity index (χ4n) is 2.83. The maximum Gasteiger partial charge on any atom is 0.287 e. The van der Waals surface area contributed by atoms with Gasteiger partial charge in [0.05, 0.1) is 11.9 Å². The van der Waals surface area contributed by atoms with Crippen molar-refractivity contribution < 1.29 is 0 Å². The van der Waals surface area contributed by atoms with Gasteiger partial charge in [-0.05, 0) is 24.2 Å². The summed E-state index contributed by atoms with van der Waals surface area (Å²) in [6.07, 6.45) is 5.53. The lowest BCUT2D eigenvalue weighted by Gasteiger charge is -2.17. The molecule has 1 saturated carbocycles. The lowest BCUT2D eigenvalue weighted by atomic mass is 9.98. The molecule has 2 atom stereocenters. The molecule has 2 rings (SSSR count). The topological polar surface area (TPSA) is 46.9 Å². The van der Waals surface area contributed by atoms with Gasteiger partial charge < -0.3 is 5.32 Å². The average Bonchev–Trinajstić information content (AvgIpc) is 2.79. The molecule has 1 fully saturated rings. The number of nitrogens with zero attached hydrogens (tertiary/aromatic N) is 2. The zero-order chi connectivity index (χ0) is 14.7. The van der Waals surface area contributed by atoms with Crippen LogP contribution in [-0.2, 0) is 6.54 Å². The van der Waals surface area contributed by atoms with Crippen molar-refractivity contribution in [1.29, 1.82) is 0 Å². The van der Waals surface area contributed by atoms with Gasteiger partial charge in [0.2, 0.25) is 0 Å². The van der Waals surface area contributed by atoms with Gasteiger partial charge in [-0.3, -0.25) is 4.79 Å². The first kappa shape index (κ1) is 15.4. The maximum atomic E-state index is 12.1. The van der Waals surface area contributed by atoms with Gasteiger partial charge in [0.25, 0.3) is 5.56 Å². The summed E-state index contributed by atoms with van der Waals surface area (Å²) in [6.45, 7) is 7.86. The van der Waals surface area contributed by atoms with Gasteiger partial charge in [0, 0.05) is 13.1 Å². The highest BCUT2D eigenvalue weighted by Gasteiger charge is 2.23. The Kier molecular flexibility index (Phi) is 5.08. The van der Waals surface area contributed by atoms with Crippen LogP contribution in [0.4, 0.5) is 5.69 Å². The predicted molar refractivity (Wildman–Crippen MR) is 83.3 cm³/mol. The highest BCUT2D eigenvalue weighted by molar-refractivity contribution is 6.32. The van der Waals surface area contributed by atoms with Crippen LogP contribution in [-0.4, -0.2) is 16.3 Å². The van der Waals surface area contributed by atoms with E-state index in [1.807, 2.05) is 0 Å². The molecule has 1 aromatic heterocycles. The zero-order valence-corrected chi connectivity index (χ0v) is 13.3. The highest BCUT2D eigenvalue weighted by Crippen LogP contribution is 2.31. The molecular formula is C15H24ClN3O. The summed E-state index contributed by atoms with van der Waals surface area (Å²) in [7, 11) is 0. The molecule has 0 saturated heterocycles. The first-order valence-electron chi connectivity index (χ1n) is 7.48. The maximum absolute atomic E-state index is 12.1. The fraction of sp³-hybridized carbons (Fsp3) is 0.733. The van der Waals surface area contributed by atoms with Crippen LogP contribution in [0.15, 0.2) is 11.0 Å². The Bertz CT molecular complexity index is 512. The lowest BCUT2D eigenvalue weighted by Crippen LogP contribution is -2.27. The quantitative estimate of drug-likeness (QED) is 0.906. The SMILES string of the molecule is CC(C)Cn1ncc(NCC2CCCC2C)c(Cl)c1=O. The van der Waals surface area contributed by atoms with Gasteiger partial charge in [-0.15, -0.1) is 0 Å². The van der Waals surface area contributed by atoms with Crippen LogP contribution in [0.25, 0.3) is 0 Å². The van der Waals surface area contributed by atoms with Crippen LogP contribution < -0.4 is 10.9 Å². The van der Waals surface area contributed by atoms with E-state index in [-0.39, 0.29) is 10.6 Å². The van der Waals surface area contributed by atoms with E-state index in [4.69, 9.17) is 11.6 Å². The number of nitrogens with one attached hydrogen (secondary N) is 1. The number of hydrogen-bond donors (Lipinski definition) is 1. The molecular weight excluding hydrogens is 274 g/mol.